The Labute approximate surface area is 94.1 Å². The average molecular weight is 218 g/mol. The molecule has 0 fully saturated rings. The lowest BCUT2D eigenvalue weighted by Crippen LogP contribution is -2.29. The maximum Gasteiger partial charge on any atom is 0.0787 e. The van der Waals surface area contributed by atoms with Crippen molar-refractivity contribution >= 4 is 0 Å². The Morgan fingerprint density at radius 2 is 1.60 bits per heavy atom. The van der Waals surface area contributed by atoms with Crippen molar-refractivity contribution in [2.24, 2.45) is 0 Å². The third-order valence-electron chi connectivity index (χ3n) is 1.63. The van der Waals surface area contributed by atoms with Gasteiger partial charge in [-0.05, 0) is 34.1 Å². The Bertz CT molecular complexity index is 140. The molecule has 0 spiro atoms. The minimum Gasteiger partial charge on any atom is -0.379 e. The Balaban J connectivity index is 3.28. The minimum atomic E-state index is -0.0957. The first kappa shape index (κ1) is 14.9. The third kappa shape index (κ3) is 11.8. The summed E-state index contributed by atoms with van der Waals surface area (Å²) in [5.74, 6) is 0. The molecule has 0 saturated carbocycles. The largest absolute Gasteiger partial charge is 0.379 e. The molecule has 0 radical (unpaired) electrons. The highest BCUT2D eigenvalue weighted by Gasteiger charge is 2.14. The Morgan fingerprint density at radius 3 is 2.13 bits per heavy atom. The van der Waals surface area contributed by atoms with Crippen molar-refractivity contribution in [1.29, 1.82) is 0 Å². The second-order valence-corrected chi connectivity index (χ2v) is 4.73. The van der Waals surface area contributed by atoms with Crippen LogP contribution in [0.5, 0.6) is 0 Å². The van der Waals surface area contributed by atoms with Crippen molar-refractivity contribution in [3.8, 4) is 0 Å². The smallest absolute Gasteiger partial charge is 0.0787 e. The highest BCUT2D eigenvalue weighted by molar-refractivity contribution is 4.62. The van der Waals surface area contributed by atoms with E-state index in [-0.39, 0.29) is 11.7 Å². The van der Waals surface area contributed by atoms with Crippen LogP contribution < -0.4 is 0 Å². The van der Waals surface area contributed by atoms with Crippen molar-refractivity contribution in [1.82, 2.24) is 0 Å². The number of hydrogen-bond acceptors (Lipinski definition) is 3. The molecule has 0 aliphatic heterocycles. The molecule has 92 valence electrons. The van der Waals surface area contributed by atoms with Gasteiger partial charge in [0.05, 0.1) is 31.5 Å². The van der Waals surface area contributed by atoms with E-state index < -0.39 is 0 Å². The van der Waals surface area contributed by atoms with Gasteiger partial charge in [-0.1, -0.05) is 6.92 Å². The summed E-state index contributed by atoms with van der Waals surface area (Å²) in [4.78, 5) is 0. The van der Waals surface area contributed by atoms with Gasteiger partial charge >= 0.3 is 0 Å². The maximum atomic E-state index is 5.70. The van der Waals surface area contributed by atoms with E-state index in [0.717, 1.165) is 13.0 Å². The lowest BCUT2D eigenvalue weighted by Gasteiger charge is -2.24. The van der Waals surface area contributed by atoms with E-state index >= 15 is 0 Å². The first-order valence-corrected chi connectivity index (χ1v) is 5.79. The molecule has 0 amide bonds. The molecule has 0 N–H and O–H groups in total. The zero-order valence-corrected chi connectivity index (χ0v) is 10.8. The van der Waals surface area contributed by atoms with E-state index in [4.69, 9.17) is 14.2 Å². The fourth-order valence-electron chi connectivity index (χ4n) is 1.25. The van der Waals surface area contributed by atoms with Crippen LogP contribution >= 0.6 is 0 Å². The Morgan fingerprint density at radius 1 is 1.00 bits per heavy atom. The van der Waals surface area contributed by atoms with Crippen LogP contribution in [0.4, 0.5) is 0 Å². The summed E-state index contributed by atoms with van der Waals surface area (Å²) in [5.41, 5.74) is -0.0957. The monoisotopic (exact) mass is 218 g/mol. The highest BCUT2D eigenvalue weighted by atomic mass is 16.6. The molecule has 1 unspecified atom stereocenters. The number of rotatable bonds is 8. The molecule has 0 heterocycles. The molecular formula is C12H26O3. The Kier molecular flexibility index (Phi) is 8.02. The molecule has 0 bridgehead atoms. The van der Waals surface area contributed by atoms with E-state index in [2.05, 4.69) is 6.92 Å². The van der Waals surface area contributed by atoms with E-state index in [1.54, 1.807) is 0 Å². The predicted octanol–water partition coefficient (Wildman–Crippen LogP) is 2.63. The number of hydrogen-bond donors (Lipinski definition) is 0. The van der Waals surface area contributed by atoms with Crippen LogP contribution in [0.1, 0.15) is 41.0 Å². The second-order valence-electron chi connectivity index (χ2n) is 4.73. The first-order chi connectivity index (χ1) is 6.95. The predicted molar refractivity (Wildman–Crippen MR) is 62.2 cm³/mol. The van der Waals surface area contributed by atoms with E-state index in [0.29, 0.717) is 19.8 Å². The molecule has 0 rings (SSSR count). The van der Waals surface area contributed by atoms with Gasteiger partial charge in [0, 0.05) is 6.61 Å². The minimum absolute atomic E-state index is 0.0957. The van der Waals surface area contributed by atoms with Gasteiger partial charge in [0.2, 0.25) is 0 Å². The molecule has 0 aliphatic carbocycles. The lowest BCUT2D eigenvalue weighted by atomic mass is 10.2. The van der Waals surface area contributed by atoms with Crippen LogP contribution in [0.15, 0.2) is 0 Å². The maximum absolute atomic E-state index is 5.70. The molecule has 0 aliphatic rings. The summed E-state index contributed by atoms with van der Waals surface area (Å²) in [6.07, 6.45) is 1.19. The molecule has 0 aromatic heterocycles. The standard InChI is InChI=1S/C12H26O3/c1-6-7-13-8-9-14-10-11(2)15-12(3,4)5/h11H,6-10H2,1-5H3. The van der Waals surface area contributed by atoms with Gasteiger partial charge in [-0.2, -0.15) is 0 Å². The molecule has 3 heteroatoms. The normalized spacial score (nSPS) is 14.2. The van der Waals surface area contributed by atoms with Crippen molar-refractivity contribution < 1.29 is 14.2 Å². The van der Waals surface area contributed by atoms with Gasteiger partial charge in [-0.3, -0.25) is 0 Å². The van der Waals surface area contributed by atoms with Gasteiger partial charge in [0.15, 0.2) is 0 Å². The molecule has 15 heavy (non-hydrogen) atoms. The summed E-state index contributed by atoms with van der Waals surface area (Å²) < 4.78 is 16.4. The average Bonchev–Trinajstić information content (AvgIpc) is 2.08. The third-order valence-corrected chi connectivity index (χ3v) is 1.63. The Hall–Kier alpha value is -0.120. The SMILES string of the molecule is CCCOCCOCC(C)OC(C)(C)C. The van der Waals surface area contributed by atoms with Crippen LogP contribution in [0, 0.1) is 0 Å². The van der Waals surface area contributed by atoms with Crippen molar-refractivity contribution in [3.63, 3.8) is 0 Å². The van der Waals surface area contributed by atoms with Crippen molar-refractivity contribution in [2.75, 3.05) is 26.4 Å². The van der Waals surface area contributed by atoms with Gasteiger partial charge < -0.3 is 14.2 Å². The molecule has 0 aromatic rings. The van der Waals surface area contributed by atoms with Crippen LogP contribution in [0.3, 0.4) is 0 Å². The van der Waals surface area contributed by atoms with Crippen molar-refractivity contribution in [2.45, 2.75) is 52.7 Å². The summed E-state index contributed by atoms with van der Waals surface area (Å²) in [6.45, 7) is 13.0. The first-order valence-electron chi connectivity index (χ1n) is 5.79. The van der Waals surface area contributed by atoms with Crippen LogP contribution in [0.2, 0.25) is 0 Å². The van der Waals surface area contributed by atoms with Gasteiger partial charge in [0.1, 0.15) is 0 Å². The molecule has 1 atom stereocenters. The highest BCUT2D eigenvalue weighted by Crippen LogP contribution is 2.10. The van der Waals surface area contributed by atoms with Crippen LogP contribution in [0.25, 0.3) is 0 Å². The summed E-state index contributed by atoms with van der Waals surface area (Å²) in [5, 5.41) is 0. The molecule has 0 saturated heterocycles. The second kappa shape index (κ2) is 8.08. The molecule has 3 nitrogen and oxygen atoms in total. The molecular weight excluding hydrogens is 192 g/mol. The van der Waals surface area contributed by atoms with Crippen molar-refractivity contribution in [3.05, 3.63) is 0 Å². The number of ether oxygens (including phenoxy) is 3. The van der Waals surface area contributed by atoms with E-state index in [1.807, 2.05) is 27.7 Å². The van der Waals surface area contributed by atoms with Gasteiger partial charge in [-0.15, -0.1) is 0 Å². The van der Waals surface area contributed by atoms with Gasteiger partial charge in [0.25, 0.3) is 0 Å². The fraction of sp³-hybridized carbons (Fsp3) is 1.00. The van der Waals surface area contributed by atoms with Gasteiger partial charge in [-0.25, -0.2) is 0 Å². The van der Waals surface area contributed by atoms with Crippen LogP contribution in [-0.2, 0) is 14.2 Å². The van der Waals surface area contributed by atoms with E-state index in [9.17, 15) is 0 Å². The summed E-state index contributed by atoms with van der Waals surface area (Å²) >= 11 is 0. The fourth-order valence-corrected chi connectivity index (χ4v) is 1.25. The lowest BCUT2D eigenvalue weighted by molar-refractivity contribution is -0.0884. The quantitative estimate of drug-likeness (QED) is 0.586. The summed E-state index contributed by atoms with van der Waals surface area (Å²) in [6, 6.07) is 0. The zero-order valence-electron chi connectivity index (χ0n) is 10.8. The summed E-state index contributed by atoms with van der Waals surface area (Å²) in [7, 11) is 0. The topological polar surface area (TPSA) is 27.7 Å². The zero-order chi connectivity index (χ0) is 11.7. The van der Waals surface area contributed by atoms with E-state index in [1.165, 1.54) is 0 Å². The molecule has 0 aromatic carbocycles. The van der Waals surface area contributed by atoms with Crippen LogP contribution in [-0.4, -0.2) is 38.1 Å².